The molecule has 122 valence electrons. The van der Waals surface area contributed by atoms with Crippen LogP contribution in [0.25, 0.3) is 0 Å². The van der Waals surface area contributed by atoms with Crippen LogP contribution in [0, 0.1) is 5.92 Å². The highest BCUT2D eigenvalue weighted by molar-refractivity contribution is 7.12. The largest absolute Gasteiger partial charge is 0.484 e. The van der Waals surface area contributed by atoms with E-state index in [4.69, 9.17) is 9.47 Å². The van der Waals surface area contributed by atoms with E-state index >= 15 is 0 Å². The summed E-state index contributed by atoms with van der Waals surface area (Å²) in [5.41, 5.74) is 1.40. The van der Waals surface area contributed by atoms with E-state index in [0.29, 0.717) is 5.92 Å². The molecule has 0 radical (unpaired) electrons. The van der Waals surface area contributed by atoms with E-state index < -0.39 is 0 Å². The van der Waals surface area contributed by atoms with Crippen LogP contribution in [0.1, 0.15) is 65.9 Å². The number of hydrogen-bond donors (Lipinski definition) is 0. The van der Waals surface area contributed by atoms with Crippen LogP contribution < -0.4 is 4.74 Å². The standard InChI is InChI=1S/C18H32O2S/c1-6-16-13-17(21-14-16)19-12-10-15(3)9-8-11-18(4,5)20-7-2/h13-15H,6-12H2,1-5H3. The first kappa shape index (κ1) is 18.5. The van der Waals surface area contributed by atoms with Crippen molar-refractivity contribution >= 4 is 11.3 Å². The summed E-state index contributed by atoms with van der Waals surface area (Å²) in [5, 5.41) is 3.26. The fraction of sp³-hybridized carbons (Fsp3) is 0.778. The van der Waals surface area contributed by atoms with E-state index in [1.165, 1.54) is 18.4 Å². The molecule has 1 atom stereocenters. The summed E-state index contributed by atoms with van der Waals surface area (Å²) in [6.45, 7) is 12.6. The third kappa shape index (κ3) is 7.87. The fourth-order valence-corrected chi connectivity index (χ4v) is 3.33. The van der Waals surface area contributed by atoms with Gasteiger partial charge >= 0.3 is 0 Å². The monoisotopic (exact) mass is 312 g/mol. The third-order valence-electron chi connectivity index (χ3n) is 3.90. The topological polar surface area (TPSA) is 18.5 Å². The minimum absolute atomic E-state index is 0.0263. The van der Waals surface area contributed by atoms with Crippen LogP contribution in [0.4, 0.5) is 0 Å². The van der Waals surface area contributed by atoms with Gasteiger partial charge < -0.3 is 9.47 Å². The van der Waals surface area contributed by atoms with Gasteiger partial charge in [-0.2, -0.15) is 0 Å². The predicted molar refractivity (Wildman–Crippen MR) is 92.5 cm³/mol. The highest BCUT2D eigenvalue weighted by atomic mass is 32.1. The highest BCUT2D eigenvalue weighted by Gasteiger charge is 2.17. The SMILES string of the molecule is CCOC(C)(C)CCCC(C)CCOc1cc(CC)cs1. The van der Waals surface area contributed by atoms with E-state index in [0.717, 1.165) is 37.5 Å². The molecule has 0 saturated carbocycles. The van der Waals surface area contributed by atoms with Crippen molar-refractivity contribution in [3.8, 4) is 5.06 Å². The van der Waals surface area contributed by atoms with Crippen molar-refractivity contribution in [2.45, 2.75) is 72.3 Å². The minimum atomic E-state index is 0.0263. The van der Waals surface area contributed by atoms with E-state index in [1.807, 2.05) is 0 Å². The van der Waals surface area contributed by atoms with Crippen LogP contribution in [-0.2, 0) is 11.2 Å². The van der Waals surface area contributed by atoms with Gasteiger partial charge in [-0.25, -0.2) is 0 Å². The Kier molecular flexibility index (Phi) is 8.35. The van der Waals surface area contributed by atoms with Crippen LogP contribution in [-0.4, -0.2) is 18.8 Å². The molecule has 0 fully saturated rings. The molecule has 1 rings (SSSR count). The normalized spacial score (nSPS) is 13.4. The predicted octanol–water partition coefficient (Wildman–Crippen LogP) is 5.70. The minimum Gasteiger partial charge on any atom is -0.484 e. The average Bonchev–Trinajstić information content (AvgIpc) is 2.86. The zero-order valence-corrected chi connectivity index (χ0v) is 15.2. The first-order chi connectivity index (χ1) is 9.96. The van der Waals surface area contributed by atoms with Crippen LogP contribution in [0.2, 0.25) is 0 Å². The number of aryl methyl sites for hydroxylation is 1. The molecule has 0 spiro atoms. The molecule has 2 nitrogen and oxygen atoms in total. The van der Waals surface area contributed by atoms with Gasteiger partial charge in [0.1, 0.15) is 0 Å². The second-order valence-corrected chi connectivity index (χ2v) is 7.33. The Morgan fingerprint density at radius 1 is 1.24 bits per heavy atom. The number of ether oxygens (including phenoxy) is 2. The summed E-state index contributed by atoms with van der Waals surface area (Å²) >= 11 is 1.71. The molecule has 0 saturated heterocycles. The zero-order valence-electron chi connectivity index (χ0n) is 14.4. The second kappa shape index (κ2) is 9.47. The summed E-state index contributed by atoms with van der Waals surface area (Å²) in [6, 6.07) is 2.17. The highest BCUT2D eigenvalue weighted by Crippen LogP contribution is 2.25. The van der Waals surface area contributed by atoms with Crippen LogP contribution in [0.3, 0.4) is 0 Å². The van der Waals surface area contributed by atoms with Gasteiger partial charge in [0.25, 0.3) is 0 Å². The molecule has 1 aromatic heterocycles. The molecule has 0 aromatic carbocycles. The Hall–Kier alpha value is -0.540. The fourth-order valence-electron chi connectivity index (χ4n) is 2.46. The quantitative estimate of drug-likeness (QED) is 0.521. The molecule has 0 N–H and O–H groups in total. The Morgan fingerprint density at radius 2 is 2.00 bits per heavy atom. The lowest BCUT2D eigenvalue weighted by molar-refractivity contribution is -0.0183. The van der Waals surface area contributed by atoms with Gasteiger partial charge in [-0.3, -0.25) is 0 Å². The van der Waals surface area contributed by atoms with Crippen molar-refractivity contribution in [2.24, 2.45) is 5.92 Å². The lowest BCUT2D eigenvalue weighted by atomic mass is 9.95. The van der Waals surface area contributed by atoms with Crippen molar-refractivity contribution in [2.75, 3.05) is 13.2 Å². The molecule has 1 heterocycles. The molecule has 1 unspecified atom stereocenters. The van der Waals surface area contributed by atoms with E-state index in [1.54, 1.807) is 11.3 Å². The number of hydrogen-bond acceptors (Lipinski definition) is 3. The molecular weight excluding hydrogens is 280 g/mol. The maximum absolute atomic E-state index is 5.84. The molecule has 3 heteroatoms. The Morgan fingerprint density at radius 3 is 2.62 bits per heavy atom. The zero-order chi connectivity index (χ0) is 15.7. The molecule has 1 aromatic rings. The lowest BCUT2D eigenvalue weighted by Crippen LogP contribution is -2.24. The Bertz CT molecular complexity index is 384. The van der Waals surface area contributed by atoms with Gasteiger partial charge in [-0.1, -0.05) is 26.7 Å². The number of rotatable bonds is 11. The van der Waals surface area contributed by atoms with Gasteiger partial charge in [0.2, 0.25) is 0 Å². The van der Waals surface area contributed by atoms with Crippen molar-refractivity contribution in [1.82, 2.24) is 0 Å². The van der Waals surface area contributed by atoms with Gasteiger partial charge in [-0.05, 0) is 63.0 Å². The molecule has 0 aliphatic rings. The first-order valence-corrected chi connectivity index (χ1v) is 9.19. The van der Waals surface area contributed by atoms with Crippen molar-refractivity contribution in [1.29, 1.82) is 0 Å². The lowest BCUT2D eigenvalue weighted by Gasteiger charge is -2.25. The average molecular weight is 313 g/mol. The molecule has 0 bridgehead atoms. The number of thiophene rings is 1. The molecular formula is C18H32O2S. The summed E-state index contributed by atoms with van der Waals surface area (Å²) in [6.07, 6.45) is 5.84. The summed E-state index contributed by atoms with van der Waals surface area (Å²) in [4.78, 5) is 0. The first-order valence-electron chi connectivity index (χ1n) is 8.31. The Labute approximate surface area is 134 Å². The maximum Gasteiger partial charge on any atom is 0.173 e. The Balaban J connectivity index is 2.12. The second-order valence-electron chi connectivity index (χ2n) is 6.45. The van der Waals surface area contributed by atoms with Crippen LogP contribution in [0.5, 0.6) is 5.06 Å². The van der Waals surface area contributed by atoms with Gasteiger partial charge in [-0.15, -0.1) is 11.3 Å². The smallest absolute Gasteiger partial charge is 0.173 e. The van der Waals surface area contributed by atoms with Gasteiger partial charge in [0, 0.05) is 6.61 Å². The van der Waals surface area contributed by atoms with E-state index in [2.05, 4.69) is 46.1 Å². The van der Waals surface area contributed by atoms with Crippen molar-refractivity contribution in [3.05, 3.63) is 17.0 Å². The van der Waals surface area contributed by atoms with Crippen molar-refractivity contribution in [3.63, 3.8) is 0 Å². The summed E-state index contributed by atoms with van der Waals surface area (Å²) in [5.74, 6) is 0.716. The molecule has 0 aliphatic heterocycles. The summed E-state index contributed by atoms with van der Waals surface area (Å²) < 4.78 is 11.6. The third-order valence-corrected chi connectivity index (χ3v) is 4.79. The molecule has 0 aliphatic carbocycles. The van der Waals surface area contributed by atoms with Gasteiger partial charge in [0.05, 0.1) is 12.2 Å². The van der Waals surface area contributed by atoms with Crippen molar-refractivity contribution < 1.29 is 9.47 Å². The summed E-state index contributed by atoms with van der Waals surface area (Å²) in [7, 11) is 0. The van der Waals surface area contributed by atoms with Crippen LogP contribution >= 0.6 is 11.3 Å². The van der Waals surface area contributed by atoms with Crippen LogP contribution in [0.15, 0.2) is 11.4 Å². The molecule has 21 heavy (non-hydrogen) atoms. The molecule has 0 amide bonds. The maximum atomic E-state index is 5.84. The van der Waals surface area contributed by atoms with Gasteiger partial charge in [0.15, 0.2) is 5.06 Å². The van der Waals surface area contributed by atoms with E-state index in [9.17, 15) is 0 Å². The van der Waals surface area contributed by atoms with E-state index in [-0.39, 0.29) is 5.60 Å².